The predicted octanol–water partition coefficient (Wildman–Crippen LogP) is 1.49. The van der Waals surface area contributed by atoms with Crippen molar-refractivity contribution in [2.24, 2.45) is 0 Å². The van der Waals surface area contributed by atoms with E-state index in [0.717, 1.165) is 0 Å². The lowest BCUT2D eigenvalue weighted by Crippen LogP contribution is -2.35. The van der Waals surface area contributed by atoms with Crippen molar-refractivity contribution in [2.75, 3.05) is 25.3 Å². The summed E-state index contributed by atoms with van der Waals surface area (Å²) in [5.41, 5.74) is 5.62. The minimum absolute atomic E-state index is 0.0249. The summed E-state index contributed by atoms with van der Waals surface area (Å²) in [5, 5.41) is 2.70. The SMILES string of the molecule is CCOC(=O)[C@H](C)NP(=O)(COCCn1cnc2c(=O)[nH]c(N)nc21)Oc1ccccc1. The number of nitrogens with two attached hydrogens (primary N) is 1. The number of rotatable bonds is 11. The van der Waals surface area contributed by atoms with Crippen molar-refractivity contribution in [3.05, 3.63) is 47.0 Å². The highest BCUT2D eigenvalue weighted by atomic mass is 31.2. The Hall–Kier alpha value is -3.21. The van der Waals surface area contributed by atoms with E-state index < -0.39 is 25.1 Å². The van der Waals surface area contributed by atoms with Gasteiger partial charge in [-0.1, -0.05) is 18.2 Å². The van der Waals surface area contributed by atoms with Gasteiger partial charge >= 0.3 is 13.5 Å². The molecule has 4 N–H and O–H groups in total. The number of benzene rings is 1. The third-order valence-corrected chi connectivity index (χ3v) is 6.07. The van der Waals surface area contributed by atoms with E-state index in [-0.39, 0.29) is 37.6 Å². The molecule has 0 aliphatic heterocycles. The second-order valence-electron chi connectivity index (χ2n) is 6.78. The summed E-state index contributed by atoms with van der Waals surface area (Å²) in [6, 6.07) is 7.69. The van der Waals surface area contributed by atoms with Crippen LogP contribution in [0.5, 0.6) is 5.75 Å². The predicted molar refractivity (Wildman–Crippen MR) is 117 cm³/mol. The zero-order chi connectivity index (χ0) is 23.1. The van der Waals surface area contributed by atoms with E-state index in [0.29, 0.717) is 11.4 Å². The van der Waals surface area contributed by atoms with Crippen LogP contribution in [0, 0.1) is 0 Å². The van der Waals surface area contributed by atoms with Crippen LogP contribution in [0.1, 0.15) is 13.8 Å². The fourth-order valence-corrected chi connectivity index (χ4v) is 4.55. The van der Waals surface area contributed by atoms with E-state index in [1.54, 1.807) is 41.8 Å². The summed E-state index contributed by atoms with van der Waals surface area (Å²) in [6.07, 6.45) is 1.13. The molecule has 0 saturated carbocycles. The average molecular weight is 464 g/mol. The van der Waals surface area contributed by atoms with E-state index in [1.807, 2.05) is 0 Å². The molecule has 13 heteroatoms. The summed E-state index contributed by atoms with van der Waals surface area (Å²) in [7, 11) is -3.63. The van der Waals surface area contributed by atoms with E-state index >= 15 is 0 Å². The number of aromatic amines is 1. The molecule has 0 fully saturated rings. The molecule has 2 heterocycles. The number of ether oxygens (including phenoxy) is 2. The Morgan fingerprint density at radius 2 is 2.09 bits per heavy atom. The number of anilines is 1. The number of nitrogens with one attached hydrogen (secondary N) is 2. The minimum Gasteiger partial charge on any atom is -0.465 e. The molecule has 2 aromatic heterocycles. The Morgan fingerprint density at radius 1 is 1.34 bits per heavy atom. The lowest BCUT2D eigenvalue weighted by atomic mass is 10.3. The smallest absolute Gasteiger partial charge is 0.342 e. The molecule has 0 amide bonds. The van der Waals surface area contributed by atoms with Gasteiger partial charge in [0.2, 0.25) is 5.95 Å². The number of aromatic nitrogens is 4. The van der Waals surface area contributed by atoms with Gasteiger partial charge in [0.05, 0.1) is 19.5 Å². The molecule has 0 bridgehead atoms. The number of carbonyl (C=O) groups excluding carboxylic acids is 1. The normalized spacial score (nSPS) is 14.1. The number of H-pyrrole nitrogens is 1. The molecule has 3 aromatic rings. The van der Waals surface area contributed by atoms with Crippen LogP contribution in [0.25, 0.3) is 11.2 Å². The molecule has 0 aliphatic carbocycles. The van der Waals surface area contributed by atoms with Crippen LogP contribution < -0.4 is 20.9 Å². The summed E-state index contributed by atoms with van der Waals surface area (Å²) >= 11 is 0. The molecule has 0 radical (unpaired) electrons. The van der Waals surface area contributed by atoms with Gasteiger partial charge in [-0.05, 0) is 26.0 Å². The molecule has 12 nitrogen and oxygen atoms in total. The summed E-state index contributed by atoms with van der Waals surface area (Å²) in [4.78, 5) is 34.3. The molecule has 1 unspecified atom stereocenters. The van der Waals surface area contributed by atoms with Crippen LogP contribution in [0.4, 0.5) is 5.95 Å². The van der Waals surface area contributed by atoms with Crippen LogP contribution in [-0.2, 0) is 25.4 Å². The number of nitrogen functional groups attached to an aromatic ring is 1. The standard InChI is InChI=1S/C19H25N6O6P/c1-3-30-18(27)13(2)24-32(28,31-14-7-5-4-6-8-14)12-29-10-9-25-11-21-15-16(25)22-19(20)23-17(15)26/h4-8,11,13H,3,9-10,12H2,1-2H3,(H,24,28)(H3,20,22,23,26)/t13-,32?/m0/s1. The van der Waals surface area contributed by atoms with Crippen LogP contribution in [0.15, 0.2) is 41.5 Å². The Labute approximate surface area is 183 Å². The third-order valence-electron chi connectivity index (χ3n) is 4.26. The number of imidazole rings is 1. The van der Waals surface area contributed by atoms with Crippen molar-refractivity contribution in [3.8, 4) is 5.75 Å². The molecule has 0 aliphatic rings. The molecular weight excluding hydrogens is 439 g/mol. The van der Waals surface area contributed by atoms with Crippen molar-refractivity contribution < 1.29 is 23.4 Å². The molecule has 3 rings (SSSR count). The molecule has 0 saturated heterocycles. The minimum atomic E-state index is -3.63. The first kappa shape index (κ1) is 23.5. The van der Waals surface area contributed by atoms with Gasteiger partial charge in [0.25, 0.3) is 5.56 Å². The van der Waals surface area contributed by atoms with Crippen LogP contribution >= 0.6 is 7.52 Å². The van der Waals surface area contributed by atoms with Gasteiger partial charge in [0.15, 0.2) is 11.2 Å². The van der Waals surface area contributed by atoms with Gasteiger partial charge < -0.3 is 24.3 Å². The van der Waals surface area contributed by atoms with Gasteiger partial charge in [-0.25, -0.2) is 10.1 Å². The van der Waals surface area contributed by atoms with Gasteiger partial charge in [0, 0.05) is 6.54 Å². The largest absolute Gasteiger partial charge is 0.465 e. The maximum atomic E-state index is 13.4. The van der Waals surface area contributed by atoms with E-state index in [4.69, 9.17) is 19.7 Å². The number of para-hydroxylation sites is 1. The second-order valence-corrected chi connectivity index (χ2v) is 8.83. The van der Waals surface area contributed by atoms with Gasteiger partial charge in [-0.3, -0.25) is 19.1 Å². The summed E-state index contributed by atoms with van der Waals surface area (Å²) < 4.78 is 31.2. The zero-order valence-electron chi connectivity index (χ0n) is 17.7. The fraction of sp³-hybridized carbons (Fsp3) is 0.368. The van der Waals surface area contributed by atoms with E-state index in [9.17, 15) is 14.2 Å². The maximum absolute atomic E-state index is 13.4. The molecule has 1 aromatic carbocycles. The molecule has 2 atom stereocenters. The Bertz CT molecular complexity index is 1160. The van der Waals surface area contributed by atoms with E-state index in [1.165, 1.54) is 13.3 Å². The highest BCUT2D eigenvalue weighted by molar-refractivity contribution is 7.57. The first-order chi connectivity index (χ1) is 15.3. The number of hydrogen-bond acceptors (Lipinski definition) is 9. The summed E-state index contributed by atoms with van der Waals surface area (Å²) in [6.45, 7) is 3.79. The average Bonchev–Trinajstić information content (AvgIpc) is 3.15. The number of carbonyl (C=O) groups is 1. The van der Waals surface area contributed by atoms with Crippen LogP contribution in [0.3, 0.4) is 0 Å². The van der Waals surface area contributed by atoms with Crippen molar-refractivity contribution in [2.45, 2.75) is 26.4 Å². The van der Waals surface area contributed by atoms with Crippen LogP contribution in [-0.4, -0.2) is 51.1 Å². The fourth-order valence-electron chi connectivity index (χ4n) is 2.84. The maximum Gasteiger partial charge on any atom is 0.342 e. The molecule has 172 valence electrons. The Kier molecular flexibility index (Phi) is 7.62. The van der Waals surface area contributed by atoms with Crippen molar-refractivity contribution in [3.63, 3.8) is 0 Å². The monoisotopic (exact) mass is 464 g/mol. The van der Waals surface area contributed by atoms with Gasteiger partial charge in [-0.15, -0.1) is 0 Å². The molecular formula is C19H25N6O6P. The van der Waals surface area contributed by atoms with Crippen LogP contribution in [0.2, 0.25) is 0 Å². The van der Waals surface area contributed by atoms with Crippen molar-refractivity contribution in [1.29, 1.82) is 0 Å². The topological polar surface area (TPSA) is 163 Å². The second kappa shape index (κ2) is 10.4. The first-order valence-corrected chi connectivity index (χ1v) is 11.7. The lowest BCUT2D eigenvalue weighted by Gasteiger charge is -2.23. The van der Waals surface area contributed by atoms with Crippen molar-refractivity contribution >= 4 is 30.6 Å². The zero-order valence-corrected chi connectivity index (χ0v) is 18.6. The highest BCUT2D eigenvalue weighted by Crippen LogP contribution is 2.43. The number of esters is 1. The Balaban J connectivity index is 1.66. The van der Waals surface area contributed by atoms with E-state index in [2.05, 4.69) is 20.0 Å². The van der Waals surface area contributed by atoms with Gasteiger partial charge in [0.1, 0.15) is 18.1 Å². The first-order valence-electron chi connectivity index (χ1n) is 9.88. The molecule has 0 spiro atoms. The lowest BCUT2D eigenvalue weighted by molar-refractivity contribution is -0.144. The quantitative estimate of drug-likeness (QED) is 0.215. The number of hydrogen-bond donors (Lipinski definition) is 3. The Morgan fingerprint density at radius 3 is 2.81 bits per heavy atom. The highest BCUT2D eigenvalue weighted by Gasteiger charge is 2.30. The van der Waals surface area contributed by atoms with Crippen molar-refractivity contribution in [1.82, 2.24) is 24.6 Å². The number of fused-ring (bicyclic) bond motifs is 1. The van der Waals surface area contributed by atoms with Gasteiger partial charge in [-0.2, -0.15) is 4.98 Å². The number of nitrogens with zero attached hydrogens (tertiary/aromatic N) is 3. The summed E-state index contributed by atoms with van der Waals surface area (Å²) in [5.74, 6) is -0.214. The molecule has 32 heavy (non-hydrogen) atoms. The third kappa shape index (κ3) is 5.94.